The number of nitrogens with one attached hydrogen (secondary N) is 1. The summed E-state index contributed by atoms with van der Waals surface area (Å²) < 4.78 is 24.8. The highest BCUT2D eigenvalue weighted by molar-refractivity contribution is 7.80. The molecule has 1 aliphatic rings. The van der Waals surface area contributed by atoms with Gasteiger partial charge in [0.15, 0.2) is 0 Å². The number of amides is 1. The minimum Gasteiger partial charge on any atom is -0.457 e. The summed E-state index contributed by atoms with van der Waals surface area (Å²) in [6.45, 7) is 2.34. The maximum absolute atomic E-state index is 14.4. The van der Waals surface area contributed by atoms with E-state index in [1.807, 2.05) is 0 Å². The number of nitrogens with zero attached hydrogens (tertiary/aromatic N) is 2. The Morgan fingerprint density at radius 3 is 2.96 bits per heavy atom. The Hall–Kier alpha value is -3.07. The fourth-order valence-corrected chi connectivity index (χ4v) is 2.73. The third-order valence-corrected chi connectivity index (χ3v) is 4.17. The second kappa shape index (κ2) is 8.75. The summed E-state index contributed by atoms with van der Waals surface area (Å²) in [5.41, 5.74) is 0.779. The van der Waals surface area contributed by atoms with Gasteiger partial charge in [0.25, 0.3) is 0 Å². The molecule has 1 saturated heterocycles. The largest absolute Gasteiger partial charge is 0.457 e. The number of hydrogen-bond acceptors (Lipinski definition) is 6. The molecule has 3 rings (SSSR count). The molecule has 1 amide bonds. The molecule has 0 saturated carbocycles. The van der Waals surface area contributed by atoms with Crippen LogP contribution in [-0.4, -0.2) is 41.2 Å². The van der Waals surface area contributed by atoms with Gasteiger partial charge in [-0.1, -0.05) is 18.3 Å². The lowest BCUT2D eigenvalue weighted by Gasteiger charge is -2.14. The first-order valence-corrected chi connectivity index (χ1v) is 8.93. The molecule has 1 fully saturated rings. The molecule has 2 heterocycles. The van der Waals surface area contributed by atoms with Crippen LogP contribution in [0.4, 0.5) is 14.9 Å². The van der Waals surface area contributed by atoms with E-state index in [0.717, 1.165) is 6.07 Å². The zero-order chi connectivity index (χ0) is 20.1. The number of benzene rings is 1. The lowest BCUT2D eigenvalue weighted by atomic mass is 10.1. The van der Waals surface area contributed by atoms with Crippen LogP contribution in [0.2, 0.25) is 0 Å². The fourth-order valence-electron chi connectivity index (χ4n) is 2.64. The standard InChI is InChI=1S/C19H18FN3O4S/c1-12(28)22-9-15-10-23(19(25)27-15)14-4-5-16(17(20)7-14)18(24)26-11-13-3-2-6-21-8-13/h2-8,15H,9-11H2,1H3,(H,22,28)/t15-/m0/s1. The van der Waals surface area contributed by atoms with Crippen LogP contribution in [0.1, 0.15) is 22.8 Å². The SMILES string of the molecule is CC(=S)NC[C@H]1CN(c2ccc(C(=O)OCc3cccnc3)c(F)c2)C(=O)O1. The molecule has 0 spiro atoms. The minimum atomic E-state index is -0.796. The lowest BCUT2D eigenvalue weighted by Crippen LogP contribution is -2.32. The van der Waals surface area contributed by atoms with E-state index in [2.05, 4.69) is 10.3 Å². The van der Waals surface area contributed by atoms with Crippen LogP contribution in [0.5, 0.6) is 0 Å². The Morgan fingerprint density at radius 1 is 1.46 bits per heavy atom. The van der Waals surface area contributed by atoms with Crippen molar-refractivity contribution in [1.29, 1.82) is 0 Å². The molecular weight excluding hydrogens is 385 g/mol. The number of aromatic nitrogens is 1. The minimum absolute atomic E-state index is 0.0136. The molecule has 1 aliphatic heterocycles. The molecule has 0 aliphatic carbocycles. The first-order chi connectivity index (χ1) is 13.4. The quantitative estimate of drug-likeness (QED) is 0.587. The monoisotopic (exact) mass is 403 g/mol. The molecular formula is C19H18FN3O4S. The van der Waals surface area contributed by atoms with Crippen molar-refractivity contribution < 1.29 is 23.5 Å². The average Bonchev–Trinajstić information content (AvgIpc) is 3.06. The number of thiocarbonyl (C=S) groups is 1. The number of pyridine rings is 1. The van der Waals surface area contributed by atoms with Gasteiger partial charge in [-0.15, -0.1) is 0 Å². The zero-order valence-electron chi connectivity index (χ0n) is 15.1. The van der Waals surface area contributed by atoms with E-state index in [9.17, 15) is 14.0 Å². The van der Waals surface area contributed by atoms with E-state index in [4.69, 9.17) is 21.7 Å². The summed E-state index contributed by atoms with van der Waals surface area (Å²) in [5, 5.41) is 2.93. The lowest BCUT2D eigenvalue weighted by molar-refractivity contribution is 0.0467. The Labute approximate surface area is 166 Å². The highest BCUT2D eigenvalue weighted by Crippen LogP contribution is 2.24. The number of esters is 1. The van der Waals surface area contributed by atoms with Crippen LogP contribution in [0, 0.1) is 5.82 Å². The normalized spacial score (nSPS) is 15.9. The molecule has 1 aromatic carbocycles. The van der Waals surface area contributed by atoms with E-state index in [1.54, 1.807) is 31.5 Å². The summed E-state index contributed by atoms with van der Waals surface area (Å²) >= 11 is 4.93. The van der Waals surface area contributed by atoms with E-state index < -0.39 is 24.0 Å². The number of anilines is 1. The van der Waals surface area contributed by atoms with Crippen LogP contribution in [0.25, 0.3) is 0 Å². The van der Waals surface area contributed by atoms with Gasteiger partial charge in [0.1, 0.15) is 18.5 Å². The Bertz CT molecular complexity index is 894. The van der Waals surface area contributed by atoms with Gasteiger partial charge in [-0.05, 0) is 31.2 Å². The van der Waals surface area contributed by atoms with Gasteiger partial charge < -0.3 is 14.8 Å². The van der Waals surface area contributed by atoms with Crippen LogP contribution in [0.15, 0.2) is 42.7 Å². The van der Waals surface area contributed by atoms with Crippen molar-refractivity contribution in [2.24, 2.45) is 0 Å². The van der Waals surface area contributed by atoms with Gasteiger partial charge in [0.2, 0.25) is 0 Å². The van der Waals surface area contributed by atoms with Crippen LogP contribution >= 0.6 is 12.2 Å². The van der Waals surface area contributed by atoms with Crippen LogP contribution < -0.4 is 10.2 Å². The Balaban J connectivity index is 1.64. The molecule has 28 heavy (non-hydrogen) atoms. The highest BCUT2D eigenvalue weighted by atomic mass is 32.1. The van der Waals surface area contributed by atoms with E-state index in [1.165, 1.54) is 17.0 Å². The van der Waals surface area contributed by atoms with Crippen molar-refractivity contribution in [2.75, 3.05) is 18.0 Å². The van der Waals surface area contributed by atoms with Crippen molar-refractivity contribution in [2.45, 2.75) is 19.6 Å². The first kappa shape index (κ1) is 19.7. The number of halogens is 1. The number of hydrogen-bond donors (Lipinski definition) is 1. The molecule has 1 aromatic heterocycles. The van der Waals surface area contributed by atoms with E-state index in [-0.39, 0.29) is 18.7 Å². The number of carbonyl (C=O) groups is 2. The second-order valence-electron chi connectivity index (χ2n) is 6.16. The summed E-state index contributed by atoms with van der Waals surface area (Å²) in [7, 11) is 0. The second-order valence-corrected chi connectivity index (χ2v) is 6.77. The predicted molar refractivity (Wildman–Crippen MR) is 104 cm³/mol. The molecule has 0 unspecified atom stereocenters. The fraction of sp³-hybridized carbons (Fsp3) is 0.263. The summed E-state index contributed by atoms with van der Waals surface area (Å²) in [6, 6.07) is 7.34. The number of rotatable bonds is 6. The Kier molecular flexibility index (Phi) is 6.15. The molecule has 1 atom stereocenters. The average molecular weight is 403 g/mol. The van der Waals surface area contributed by atoms with Crippen LogP contribution in [-0.2, 0) is 16.1 Å². The molecule has 146 valence electrons. The maximum Gasteiger partial charge on any atom is 0.414 e. The van der Waals surface area contributed by atoms with Gasteiger partial charge >= 0.3 is 12.1 Å². The topological polar surface area (TPSA) is 80.8 Å². The van der Waals surface area contributed by atoms with E-state index in [0.29, 0.717) is 22.8 Å². The molecule has 2 aromatic rings. The van der Waals surface area contributed by atoms with Crippen molar-refractivity contribution in [1.82, 2.24) is 10.3 Å². The molecule has 0 radical (unpaired) electrons. The van der Waals surface area contributed by atoms with Gasteiger partial charge in [-0.2, -0.15) is 0 Å². The van der Waals surface area contributed by atoms with Crippen molar-refractivity contribution >= 4 is 35.0 Å². The summed E-state index contributed by atoms with van der Waals surface area (Å²) in [6.07, 6.45) is 2.17. The third-order valence-electron chi connectivity index (χ3n) is 4.03. The van der Waals surface area contributed by atoms with Gasteiger partial charge in [-0.25, -0.2) is 14.0 Å². The first-order valence-electron chi connectivity index (χ1n) is 8.52. The van der Waals surface area contributed by atoms with Gasteiger partial charge in [-0.3, -0.25) is 9.88 Å². The maximum atomic E-state index is 14.4. The van der Waals surface area contributed by atoms with Gasteiger partial charge in [0, 0.05) is 18.0 Å². The number of carbonyl (C=O) groups excluding carboxylic acids is 2. The predicted octanol–water partition coefficient (Wildman–Crippen LogP) is 2.84. The smallest absolute Gasteiger partial charge is 0.414 e. The third kappa shape index (κ3) is 4.80. The summed E-state index contributed by atoms with van der Waals surface area (Å²) in [4.78, 5) is 30.0. The van der Waals surface area contributed by atoms with Crippen molar-refractivity contribution in [3.8, 4) is 0 Å². The van der Waals surface area contributed by atoms with Gasteiger partial charge in [0.05, 0.1) is 29.3 Å². The molecule has 9 heteroatoms. The Morgan fingerprint density at radius 2 is 2.29 bits per heavy atom. The molecule has 0 bridgehead atoms. The van der Waals surface area contributed by atoms with Crippen molar-refractivity contribution in [3.63, 3.8) is 0 Å². The molecule has 1 N–H and O–H groups in total. The molecule has 7 nitrogen and oxygen atoms in total. The van der Waals surface area contributed by atoms with Crippen LogP contribution in [0.3, 0.4) is 0 Å². The number of cyclic esters (lactones) is 1. The summed E-state index contributed by atoms with van der Waals surface area (Å²) in [5.74, 6) is -1.58. The number of ether oxygens (including phenoxy) is 2. The van der Waals surface area contributed by atoms with Crippen molar-refractivity contribution in [3.05, 3.63) is 59.7 Å². The highest BCUT2D eigenvalue weighted by Gasteiger charge is 2.32. The van der Waals surface area contributed by atoms with E-state index >= 15 is 0 Å². The zero-order valence-corrected chi connectivity index (χ0v) is 15.9.